The van der Waals surface area contributed by atoms with Gasteiger partial charge >= 0.3 is 0 Å². The van der Waals surface area contributed by atoms with Gasteiger partial charge in [-0.1, -0.05) is 6.07 Å². The van der Waals surface area contributed by atoms with E-state index in [0.29, 0.717) is 13.1 Å². The molecule has 3 N–H and O–H groups in total. The molecule has 0 aliphatic rings. The third-order valence-electron chi connectivity index (χ3n) is 2.13. The summed E-state index contributed by atoms with van der Waals surface area (Å²) in [5.41, 5.74) is -0.0520. The highest BCUT2D eigenvalue weighted by molar-refractivity contribution is 4.93. The lowest BCUT2D eigenvalue weighted by atomic mass is 10.3. The molecule has 0 spiro atoms. The van der Waals surface area contributed by atoms with E-state index in [0.717, 1.165) is 0 Å². The molecule has 0 aliphatic heterocycles. The van der Waals surface area contributed by atoms with Crippen molar-refractivity contribution in [3.05, 3.63) is 34.7 Å². The predicted octanol–water partition coefficient (Wildman–Crippen LogP) is -1.21. The average molecular weight is 212 g/mol. The van der Waals surface area contributed by atoms with Crippen LogP contribution in [-0.2, 0) is 6.54 Å². The Hall–Kier alpha value is -1.17. The first-order valence-corrected chi connectivity index (χ1v) is 4.88. The number of hydrogen-bond donors (Lipinski definition) is 3. The monoisotopic (exact) mass is 212 g/mol. The number of hydrogen-bond acceptors (Lipinski definition) is 4. The third kappa shape index (κ3) is 3.83. The zero-order valence-corrected chi connectivity index (χ0v) is 8.47. The van der Waals surface area contributed by atoms with Gasteiger partial charge in [0.2, 0.25) is 0 Å². The fourth-order valence-electron chi connectivity index (χ4n) is 1.22. The summed E-state index contributed by atoms with van der Waals surface area (Å²) in [7, 11) is 0. The van der Waals surface area contributed by atoms with Crippen LogP contribution >= 0.6 is 0 Å². The van der Waals surface area contributed by atoms with Crippen LogP contribution in [0.1, 0.15) is 0 Å². The number of aliphatic hydroxyl groups is 2. The van der Waals surface area contributed by atoms with E-state index in [1.165, 1.54) is 6.07 Å². The fourth-order valence-corrected chi connectivity index (χ4v) is 1.22. The summed E-state index contributed by atoms with van der Waals surface area (Å²) in [4.78, 5) is 11.3. The van der Waals surface area contributed by atoms with Crippen LogP contribution in [-0.4, -0.2) is 40.6 Å². The van der Waals surface area contributed by atoms with E-state index in [1.807, 2.05) is 0 Å². The molecule has 0 amide bonds. The number of rotatable bonds is 6. The second kappa shape index (κ2) is 6.34. The van der Waals surface area contributed by atoms with Crippen LogP contribution < -0.4 is 10.9 Å². The molecule has 1 aromatic heterocycles. The molecule has 1 aromatic rings. The highest BCUT2D eigenvalue weighted by Gasteiger charge is 2.03. The summed E-state index contributed by atoms with van der Waals surface area (Å²) in [5.74, 6) is 0. The van der Waals surface area contributed by atoms with Crippen LogP contribution in [0.4, 0.5) is 0 Å². The van der Waals surface area contributed by atoms with Crippen molar-refractivity contribution in [2.24, 2.45) is 0 Å². The first-order chi connectivity index (χ1) is 7.27. The SMILES string of the molecule is O=c1ccccn1CCNC(CO)CO. The summed E-state index contributed by atoms with van der Waals surface area (Å²) in [6, 6.07) is 4.66. The van der Waals surface area contributed by atoms with Gasteiger partial charge < -0.3 is 20.1 Å². The first kappa shape index (κ1) is 11.9. The van der Waals surface area contributed by atoms with Crippen molar-refractivity contribution in [2.75, 3.05) is 19.8 Å². The lowest BCUT2D eigenvalue weighted by molar-refractivity contribution is 0.170. The maximum absolute atomic E-state index is 11.3. The molecule has 0 bridgehead atoms. The van der Waals surface area contributed by atoms with Gasteiger partial charge in [0.05, 0.1) is 19.3 Å². The average Bonchev–Trinajstić information content (AvgIpc) is 2.27. The summed E-state index contributed by atoms with van der Waals surface area (Å²) in [6.07, 6.45) is 1.71. The maximum atomic E-state index is 11.3. The summed E-state index contributed by atoms with van der Waals surface area (Å²) in [6.45, 7) is 0.840. The predicted molar refractivity (Wildman–Crippen MR) is 56.7 cm³/mol. The molecular formula is C10H16N2O3. The van der Waals surface area contributed by atoms with Crippen molar-refractivity contribution in [3.8, 4) is 0 Å². The molecule has 1 heterocycles. The van der Waals surface area contributed by atoms with Crippen molar-refractivity contribution in [3.63, 3.8) is 0 Å². The van der Waals surface area contributed by atoms with Gasteiger partial charge in [0.1, 0.15) is 0 Å². The molecule has 5 nitrogen and oxygen atoms in total. The summed E-state index contributed by atoms with van der Waals surface area (Å²) in [5, 5.41) is 20.5. The van der Waals surface area contributed by atoms with Crippen molar-refractivity contribution in [2.45, 2.75) is 12.6 Å². The smallest absolute Gasteiger partial charge is 0.250 e. The zero-order valence-electron chi connectivity index (χ0n) is 8.47. The number of nitrogens with one attached hydrogen (secondary N) is 1. The Morgan fingerprint density at radius 3 is 2.67 bits per heavy atom. The molecule has 84 valence electrons. The molecule has 0 unspecified atom stereocenters. The molecule has 0 radical (unpaired) electrons. The molecule has 15 heavy (non-hydrogen) atoms. The highest BCUT2D eigenvalue weighted by Crippen LogP contribution is 1.83. The van der Waals surface area contributed by atoms with Gasteiger partial charge in [-0.25, -0.2) is 0 Å². The minimum absolute atomic E-state index is 0.0520. The lowest BCUT2D eigenvalue weighted by Crippen LogP contribution is -2.38. The minimum Gasteiger partial charge on any atom is -0.395 e. The Morgan fingerprint density at radius 2 is 2.07 bits per heavy atom. The largest absolute Gasteiger partial charge is 0.395 e. The second-order valence-corrected chi connectivity index (χ2v) is 3.25. The van der Waals surface area contributed by atoms with E-state index >= 15 is 0 Å². The Balaban J connectivity index is 2.38. The van der Waals surface area contributed by atoms with Crippen LogP contribution in [0.25, 0.3) is 0 Å². The van der Waals surface area contributed by atoms with Gasteiger partial charge in [0, 0.05) is 25.4 Å². The summed E-state index contributed by atoms with van der Waals surface area (Å²) < 4.78 is 1.57. The third-order valence-corrected chi connectivity index (χ3v) is 2.13. The van der Waals surface area contributed by atoms with Crippen molar-refractivity contribution in [1.82, 2.24) is 9.88 Å². The van der Waals surface area contributed by atoms with Gasteiger partial charge in [-0.2, -0.15) is 0 Å². The molecule has 1 rings (SSSR count). The Bertz CT molecular complexity index is 333. The van der Waals surface area contributed by atoms with E-state index in [2.05, 4.69) is 5.32 Å². The summed E-state index contributed by atoms with van der Waals surface area (Å²) >= 11 is 0. The van der Waals surface area contributed by atoms with E-state index in [4.69, 9.17) is 10.2 Å². The van der Waals surface area contributed by atoms with Gasteiger partial charge in [-0.3, -0.25) is 4.79 Å². The number of nitrogens with zero attached hydrogens (tertiary/aromatic N) is 1. The van der Waals surface area contributed by atoms with Crippen LogP contribution in [0.15, 0.2) is 29.2 Å². The quantitative estimate of drug-likeness (QED) is 0.553. The minimum atomic E-state index is -0.315. The molecule has 0 saturated carbocycles. The maximum Gasteiger partial charge on any atom is 0.250 e. The molecule has 0 saturated heterocycles. The van der Waals surface area contributed by atoms with E-state index < -0.39 is 0 Å². The Labute approximate surface area is 88.0 Å². The Kier molecular flexibility index (Phi) is 5.03. The molecular weight excluding hydrogens is 196 g/mol. The van der Waals surface area contributed by atoms with Gasteiger partial charge in [-0.05, 0) is 6.07 Å². The molecule has 0 aromatic carbocycles. The fraction of sp³-hybridized carbons (Fsp3) is 0.500. The van der Waals surface area contributed by atoms with E-state index in [1.54, 1.807) is 22.9 Å². The number of aliphatic hydroxyl groups excluding tert-OH is 2. The lowest BCUT2D eigenvalue weighted by Gasteiger charge is -2.13. The molecule has 0 aliphatic carbocycles. The van der Waals surface area contributed by atoms with Crippen LogP contribution in [0, 0.1) is 0 Å². The second-order valence-electron chi connectivity index (χ2n) is 3.25. The topological polar surface area (TPSA) is 74.5 Å². The molecule has 0 atom stereocenters. The van der Waals surface area contributed by atoms with Crippen molar-refractivity contribution < 1.29 is 10.2 Å². The number of pyridine rings is 1. The standard InChI is InChI=1S/C10H16N2O3/c13-7-9(8-14)11-4-6-12-5-2-1-3-10(12)15/h1-3,5,9,11,13-14H,4,6-8H2. The van der Waals surface area contributed by atoms with Gasteiger partial charge in [0.25, 0.3) is 5.56 Å². The van der Waals surface area contributed by atoms with Crippen molar-refractivity contribution in [1.29, 1.82) is 0 Å². The van der Waals surface area contributed by atoms with Crippen LogP contribution in [0.2, 0.25) is 0 Å². The van der Waals surface area contributed by atoms with Crippen LogP contribution in [0.3, 0.4) is 0 Å². The Morgan fingerprint density at radius 1 is 1.33 bits per heavy atom. The van der Waals surface area contributed by atoms with E-state index in [-0.39, 0.29) is 24.8 Å². The van der Waals surface area contributed by atoms with Crippen molar-refractivity contribution >= 4 is 0 Å². The normalized spacial score (nSPS) is 10.9. The van der Waals surface area contributed by atoms with Gasteiger partial charge in [-0.15, -0.1) is 0 Å². The van der Waals surface area contributed by atoms with Gasteiger partial charge in [0.15, 0.2) is 0 Å². The first-order valence-electron chi connectivity index (χ1n) is 4.88. The van der Waals surface area contributed by atoms with Crippen LogP contribution in [0.5, 0.6) is 0 Å². The zero-order chi connectivity index (χ0) is 11.1. The highest BCUT2D eigenvalue weighted by atomic mass is 16.3. The molecule has 5 heteroatoms. The molecule has 0 fully saturated rings. The van der Waals surface area contributed by atoms with E-state index in [9.17, 15) is 4.79 Å². The number of aromatic nitrogens is 1.